The number of aliphatic hydroxyl groups excluding tert-OH is 1. The van der Waals surface area contributed by atoms with Crippen LogP contribution in [0.1, 0.15) is 41.4 Å². The molecule has 1 N–H and O–H groups in total. The molecule has 2 aromatic heterocycles. The van der Waals surface area contributed by atoms with Gasteiger partial charge in [-0.2, -0.15) is 5.10 Å². The SMILES string of the molecule is CCn1nccc1C(O)c1c(C)oc(C)c1C. The highest BCUT2D eigenvalue weighted by atomic mass is 16.3. The normalized spacial score (nSPS) is 13.0. The van der Waals surface area contributed by atoms with Crippen molar-refractivity contribution in [3.8, 4) is 0 Å². The summed E-state index contributed by atoms with van der Waals surface area (Å²) in [4.78, 5) is 0. The maximum atomic E-state index is 10.4. The molecule has 0 aliphatic carbocycles. The topological polar surface area (TPSA) is 51.2 Å². The molecule has 1 unspecified atom stereocenters. The van der Waals surface area contributed by atoms with Crippen LogP contribution in [0.2, 0.25) is 0 Å². The van der Waals surface area contributed by atoms with E-state index < -0.39 is 6.10 Å². The Kier molecular flexibility index (Phi) is 3.07. The standard InChI is InChI=1S/C13H18N2O2/c1-5-15-11(6-7-14-15)13(16)12-8(2)9(3)17-10(12)4/h6-7,13,16H,5H2,1-4H3. The molecule has 92 valence electrons. The van der Waals surface area contributed by atoms with E-state index in [-0.39, 0.29) is 0 Å². The molecule has 2 rings (SSSR count). The molecule has 0 spiro atoms. The van der Waals surface area contributed by atoms with Crippen molar-refractivity contribution in [3.05, 3.63) is 40.6 Å². The van der Waals surface area contributed by atoms with E-state index in [9.17, 15) is 5.11 Å². The molecule has 0 aliphatic heterocycles. The number of nitrogens with zero attached hydrogens (tertiary/aromatic N) is 2. The molecule has 17 heavy (non-hydrogen) atoms. The van der Waals surface area contributed by atoms with E-state index in [1.165, 1.54) is 0 Å². The fourth-order valence-electron chi connectivity index (χ4n) is 2.20. The largest absolute Gasteiger partial charge is 0.466 e. The fraction of sp³-hybridized carbons (Fsp3) is 0.462. The first kappa shape index (κ1) is 11.9. The van der Waals surface area contributed by atoms with Crippen LogP contribution in [-0.2, 0) is 6.54 Å². The van der Waals surface area contributed by atoms with E-state index in [2.05, 4.69) is 5.10 Å². The minimum atomic E-state index is -0.671. The number of furan rings is 1. The van der Waals surface area contributed by atoms with Crippen molar-refractivity contribution in [2.24, 2.45) is 0 Å². The smallest absolute Gasteiger partial charge is 0.124 e. The van der Waals surface area contributed by atoms with Crippen LogP contribution in [0.4, 0.5) is 0 Å². The second-order valence-electron chi connectivity index (χ2n) is 4.23. The molecule has 0 aliphatic rings. The molecule has 0 saturated carbocycles. The summed E-state index contributed by atoms with van der Waals surface area (Å²) in [5, 5.41) is 14.6. The van der Waals surface area contributed by atoms with Gasteiger partial charge in [0.15, 0.2) is 0 Å². The Bertz CT molecular complexity index is 526. The Morgan fingerprint density at radius 1 is 1.35 bits per heavy atom. The first-order valence-corrected chi connectivity index (χ1v) is 5.82. The van der Waals surface area contributed by atoms with Gasteiger partial charge in [-0.1, -0.05) is 0 Å². The quantitative estimate of drug-likeness (QED) is 0.887. The maximum absolute atomic E-state index is 10.4. The zero-order valence-electron chi connectivity index (χ0n) is 10.7. The molecular weight excluding hydrogens is 216 g/mol. The van der Waals surface area contributed by atoms with Crippen LogP contribution in [0.3, 0.4) is 0 Å². The van der Waals surface area contributed by atoms with Gasteiger partial charge >= 0.3 is 0 Å². The van der Waals surface area contributed by atoms with Gasteiger partial charge in [-0.3, -0.25) is 4.68 Å². The van der Waals surface area contributed by atoms with Gasteiger partial charge < -0.3 is 9.52 Å². The molecule has 0 saturated heterocycles. The third-order valence-electron chi connectivity index (χ3n) is 3.22. The van der Waals surface area contributed by atoms with Crippen molar-refractivity contribution < 1.29 is 9.52 Å². The van der Waals surface area contributed by atoms with Crippen molar-refractivity contribution >= 4 is 0 Å². The highest BCUT2D eigenvalue weighted by molar-refractivity contribution is 5.37. The Balaban J connectivity index is 2.47. The molecule has 0 amide bonds. The van der Waals surface area contributed by atoms with Gasteiger partial charge in [-0.25, -0.2) is 0 Å². The Hall–Kier alpha value is -1.55. The van der Waals surface area contributed by atoms with E-state index >= 15 is 0 Å². The van der Waals surface area contributed by atoms with Gasteiger partial charge in [-0.15, -0.1) is 0 Å². The summed E-state index contributed by atoms with van der Waals surface area (Å²) in [7, 11) is 0. The number of aliphatic hydroxyl groups is 1. The summed E-state index contributed by atoms with van der Waals surface area (Å²) in [5.41, 5.74) is 2.68. The third kappa shape index (κ3) is 1.89. The van der Waals surface area contributed by atoms with E-state index in [0.717, 1.165) is 34.9 Å². The lowest BCUT2D eigenvalue weighted by atomic mass is 10.0. The molecule has 0 fully saturated rings. The summed E-state index contributed by atoms with van der Waals surface area (Å²) in [5.74, 6) is 1.63. The number of hydrogen-bond donors (Lipinski definition) is 1. The monoisotopic (exact) mass is 234 g/mol. The molecule has 4 nitrogen and oxygen atoms in total. The van der Waals surface area contributed by atoms with Crippen LogP contribution in [0.5, 0.6) is 0 Å². The minimum absolute atomic E-state index is 0.671. The number of hydrogen-bond acceptors (Lipinski definition) is 3. The van der Waals surface area contributed by atoms with Crippen molar-refractivity contribution in [2.75, 3.05) is 0 Å². The highest BCUT2D eigenvalue weighted by Gasteiger charge is 2.22. The third-order valence-corrected chi connectivity index (χ3v) is 3.22. The lowest BCUT2D eigenvalue weighted by Gasteiger charge is -2.12. The van der Waals surface area contributed by atoms with Gasteiger partial charge in [-0.05, 0) is 39.3 Å². The van der Waals surface area contributed by atoms with E-state index in [1.54, 1.807) is 10.9 Å². The van der Waals surface area contributed by atoms with Crippen LogP contribution in [0, 0.1) is 20.8 Å². The molecule has 0 bridgehead atoms. The van der Waals surface area contributed by atoms with Gasteiger partial charge in [0.2, 0.25) is 0 Å². The Labute approximate surface area is 101 Å². The molecule has 0 aromatic carbocycles. The lowest BCUT2D eigenvalue weighted by Crippen LogP contribution is -2.10. The summed E-state index contributed by atoms with van der Waals surface area (Å²) in [6.07, 6.45) is 1.04. The van der Waals surface area contributed by atoms with E-state index in [0.29, 0.717) is 0 Å². The van der Waals surface area contributed by atoms with Gasteiger partial charge in [0.25, 0.3) is 0 Å². The first-order chi connectivity index (χ1) is 8.06. The van der Waals surface area contributed by atoms with Gasteiger partial charge in [0.1, 0.15) is 17.6 Å². The van der Waals surface area contributed by atoms with Gasteiger partial charge in [0.05, 0.1) is 5.69 Å². The number of aromatic nitrogens is 2. The van der Waals surface area contributed by atoms with Crippen LogP contribution < -0.4 is 0 Å². The highest BCUT2D eigenvalue weighted by Crippen LogP contribution is 2.31. The fourth-order valence-corrected chi connectivity index (χ4v) is 2.20. The molecule has 2 aromatic rings. The number of rotatable bonds is 3. The van der Waals surface area contributed by atoms with Crippen molar-refractivity contribution in [1.82, 2.24) is 9.78 Å². The van der Waals surface area contributed by atoms with Crippen LogP contribution in [0.15, 0.2) is 16.7 Å². The lowest BCUT2D eigenvalue weighted by molar-refractivity contribution is 0.205. The van der Waals surface area contributed by atoms with Crippen LogP contribution in [-0.4, -0.2) is 14.9 Å². The first-order valence-electron chi connectivity index (χ1n) is 5.82. The van der Waals surface area contributed by atoms with Crippen molar-refractivity contribution in [3.63, 3.8) is 0 Å². The molecule has 2 heterocycles. The average Bonchev–Trinajstić information content (AvgIpc) is 2.84. The molecule has 4 heteroatoms. The van der Waals surface area contributed by atoms with E-state index in [4.69, 9.17) is 4.42 Å². The molecule has 1 atom stereocenters. The zero-order valence-corrected chi connectivity index (χ0v) is 10.7. The second-order valence-corrected chi connectivity index (χ2v) is 4.23. The number of aryl methyl sites for hydroxylation is 3. The van der Waals surface area contributed by atoms with Gasteiger partial charge in [0, 0.05) is 18.3 Å². The maximum Gasteiger partial charge on any atom is 0.124 e. The Morgan fingerprint density at radius 2 is 2.06 bits per heavy atom. The van der Waals surface area contributed by atoms with Crippen molar-refractivity contribution in [2.45, 2.75) is 40.3 Å². The molecule has 0 radical (unpaired) electrons. The molecular formula is C13H18N2O2. The zero-order chi connectivity index (χ0) is 12.6. The summed E-state index contributed by atoms with van der Waals surface area (Å²) < 4.78 is 7.35. The average molecular weight is 234 g/mol. The summed E-state index contributed by atoms with van der Waals surface area (Å²) >= 11 is 0. The minimum Gasteiger partial charge on any atom is -0.466 e. The van der Waals surface area contributed by atoms with E-state index in [1.807, 2.05) is 33.8 Å². The van der Waals surface area contributed by atoms with Crippen LogP contribution >= 0.6 is 0 Å². The second kappa shape index (κ2) is 4.37. The summed E-state index contributed by atoms with van der Waals surface area (Å²) in [6, 6.07) is 1.84. The Morgan fingerprint density at radius 3 is 2.59 bits per heavy atom. The predicted octanol–water partition coefficient (Wildman–Crippen LogP) is 2.50. The predicted molar refractivity (Wildman–Crippen MR) is 64.9 cm³/mol. The summed E-state index contributed by atoms with van der Waals surface area (Å²) in [6.45, 7) is 8.51. The van der Waals surface area contributed by atoms with Crippen LogP contribution in [0.25, 0.3) is 0 Å². The van der Waals surface area contributed by atoms with Crippen molar-refractivity contribution in [1.29, 1.82) is 0 Å².